The summed E-state index contributed by atoms with van der Waals surface area (Å²) in [6, 6.07) is 0. The molecule has 0 fully saturated rings. The van der Waals surface area contributed by atoms with Crippen LogP contribution in [0, 0.1) is 11.8 Å². The number of unbranched alkanes of at least 4 members (excludes halogenated alkanes) is 9. The van der Waals surface area contributed by atoms with E-state index in [-0.39, 0.29) is 6.61 Å². The highest BCUT2D eigenvalue weighted by Crippen LogP contribution is 2.10. The fourth-order valence-electron chi connectivity index (χ4n) is 1.94. The van der Waals surface area contributed by atoms with Crippen molar-refractivity contribution in [3.63, 3.8) is 0 Å². The summed E-state index contributed by atoms with van der Waals surface area (Å²) in [6.45, 7) is 2.31. The lowest BCUT2D eigenvalue weighted by Crippen LogP contribution is -2.07. The molecule has 19 heavy (non-hydrogen) atoms. The van der Waals surface area contributed by atoms with Crippen LogP contribution in [0.4, 0.5) is 0 Å². The Morgan fingerprint density at radius 3 is 2.00 bits per heavy atom. The maximum Gasteiger partial charge on any atom is 0.329 e. The first-order valence-corrected chi connectivity index (χ1v) is 7.46. The first-order valence-electron chi connectivity index (χ1n) is 7.46. The molecule has 0 heterocycles. The number of carbonyl (C=O) groups is 1. The van der Waals surface area contributed by atoms with Crippen molar-refractivity contribution in [2.24, 2.45) is 0 Å². The Morgan fingerprint density at radius 2 is 1.47 bits per heavy atom. The molecule has 0 amide bonds. The summed E-state index contributed by atoms with van der Waals surface area (Å²) < 4.78 is 4.98. The molecule has 0 aromatic rings. The summed E-state index contributed by atoms with van der Waals surface area (Å²) in [5, 5.41) is 8.37. The number of hydrogen-bond acceptors (Lipinski definition) is 2. The van der Waals surface area contributed by atoms with Gasteiger partial charge in [0.2, 0.25) is 0 Å². The third-order valence-electron chi connectivity index (χ3n) is 2.99. The highest BCUT2D eigenvalue weighted by molar-refractivity contribution is 5.67. The van der Waals surface area contributed by atoms with E-state index in [1.807, 2.05) is 6.92 Å². The van der Waals surface area contributed by atoms with Crippen molar-refractivity contribution < 1.29 is 14.6 Å². The van der Waals surface area contributed by atoms with E-state index in [4.69, 9.17) is 9.84 Å². The Kier molecular flexibility index (Phi) is 14.2. The van der Waals surface area contributed by atoms with Crippen molar-refractivity contribution >= 4 is 5.97 Å². The zero-order valence-electron chi connectivity index (χ0n) is 12.2. The van der Waals surface area contributed by atoms with Crippen molar-refractivity contribution in [1.29, 1.82) is 0 Å². The topological polar surface area (TPSA) is 46.5 Å². The van der Waals surface area contributed by atoms with Gasteiger partial charge in [-0.05, 0) is 19.8 Å². The molecule has 0 aromatic heterocycles. The molecule has 0 aromatic carbocycles. The fraction of sp³-hybridized carbons (Fsp3) is 0.812. The van der Waals surface area contributed by atoms with Gasteiger partial charge in [0.05, 0.1) is 0 Å². The van der Waals surface area contributed by atoms with Crippen LogP contribution < -0.4 is 0 Å². The lowest BCUT2D eigenvalue weighted by molar-refractivity contribution is -0.142. The molecular formula is C16H28O3. The first kappa shape index (κ1) is 18.0. The SMILES string of the molecule is CC#CCCCCCCCCCCCOCC(=O)O. The van der Waals surface area contributed by atoms with Gasteiger partial charge in [-0.1, -0.05) is 44.9 Å². The average Bonchev–Trinajstić information content (AvgIpc) is 2.39. The molecule has 0 saturated heterocycles. The predicted molar refractivity (Wildman–Crippen MR) is 78.1 cm³/mol. The van der Waals surface area contributed by atoms with Gasteiger partial charge in [-0.25, -0.2) is 4.79 Å². The number of carboxylic acids is 1. The highest BCUT2D eigenvalue weighted by Gasteiger charge is 1.96. The largest absolute Gasteiger partial charge is 0.480 e. The second-order valence-corrected chi connectivity index (χ2v) is 4.81. The Balaban J connectivity index is 2.98. The van der Waals surface area contributed by atoms with Gasteiger partial charge >= 0.3 is 5.97 Å². The molecule has 0 unspecified atom stereocenters. The Morgan fingerprint density at radius 1 is 0.947 bits per heavy atom. The molecule has 0 aliphatic heterocycles. The molecular weight excluding hydrogens is 240 g/mol. The number of ether oxygens (including phenoxy) is 1. The van der Waals surface area contributed by atoms with Crippen LogP contribution in [0.15, 0.2) is 0 Å². The van der Waals surface area contributed by atoms with Crippen molar-refractivity contribution in [3.8, 4) is 11.8 Å². The van der Waals surface area contributed by atoms with Crippen molar-refractivity contribution in [3.05, 3.63) is 0 Å². The minimum Gasteiger partial charge on any atom is -0.480 e. The zero-order valence-corrected chi connectivity index (χ0v) is 12.2. The maximum absolute atomic E-state index is 10.2. The molecule has 3 heteroatoms. The van der Waals surface area contributed by atoms with Crippen LogP contribution in [0.25, 0.3) is 0 Å². The predicted octanol–water partition coefficient (Wildman–Crippen LogP) is 4.01. The van der Waals surface area contributed by atoms with E-state index in [0.29, 0.717) is 6.61 Å². The average molecular weight is 268 g/mol. The lowest BCUT2D eigenvalue weighted by atomic mass is 10.1. The van der Waals surface area contributed by atoms with Crippen LogP contribution in [-0.2, 0) is 9.53 Å². The van der Waals surface area contributed by atoms with E-state index in [0.717, 1.165) is 19.3 Å². The lowest BCUT2D eigenvalue weighted by Gasteiger charge is -2.02. The quantitative estimate of drug-likeness (QED) is 0.405. The van der Waals surface area contributed by atoms with Crippen LogP contribution in [0.1, 0.15) is 71.1 Å². The third-order valence-corrected chi connectivity index (χ3v) is 2.99. The van der Waals surface area contributed by atoms with E-state index in [2.05, 4.69) is 11.8 Å². The van der Waals surface area contributed by atoms with E-state index < -0.39 is 5.97 Å². The number of aliphatic carboxylic acids is 1. The summed E-state index contributed by atoms with van der Waals surface area (Å²) in [5.74, 6) is 5.13. The van der Waals surface area contributed by atoms with Crippen molar-refractivity contribution in [2.75, 3.05) is 13.2 Å². The Bertz CT molecular complexity index is 263. The molecule has 0 rings (SSSR count). The number of hydrogen-bond donors (Lipinski definition) is 1. The van der Waals surface area contributed by atoms with Gasteiger partial charge in [0.25, 0.3) is 0 Å². The molecule has 1 N–H and O–H groups in total. The Hall–Kier alpha value is -1.01. The summed E-state index contributed by atoms with van der Waals surface area (Å²) in [6.07, 6.45) is 12.2. The molecule has 0 aliphatic rings. The smallest absolute Gasteiger partial charge is 0.329 e. The van der Waals surface area contributed by atoms with Gasteiger partial charge in [0.1, 0.15) is 6.61 Å². The molecule has 0 aliphatic carbocycles. The summed E-state index contributed by atoms with van der Waals surface area (Å²) in [7, 11) is 0. The number of carboxylic acid groups (broad SMARTS) is 1. The van der Waals surface area contributed by atoms with Crippen LogP contribution in [0.5, 0.6) is 0 Å². The Labute approximate surface area is 117 Å². The van der Waals surface area contributed by atoms with E-state index in [9.17, 15) is 4.79 Å². The van der Waals surface area contributed by atoms with Gasteiger partial charge < -0.3 is 9.84 Å². The van der Waals surface area contributed by atoms with Gasteiger partial charge in [-0.2, -0.15) is 0 Å². The highest BCUT2D eigenvalue weighted by atomic mass is 16.5. The van der Waals surface area contributed by atoms with Crippen LogP contribution in [-0.4, -0.2) is 24.3 Å². The van der Waals surface area contributed by atoms with Crippen LogP contribution in [0.3, 0.4) is 0 Å². The summed E-state index contributed by atoms with van der Waals surface area (Å²) >= 11 is 0. The van der Waals surface area contributed by atoms with Crippen molar-refractivity contribution in [1.82, 2.24) is 0 Å². The first-order chi connectivity index (χ1) is 9.27. The fourth-order valence-corrected chi connectivity index (χ4v) is 1.94. The zero-order chi connectivity index (χ0) is 14.2. The minimum absolute atomic E-state index is 0.164. The monoisotopic (exact) mass is 268 g/mol. The van der Waals surface area contributed by atoms with E-state index >= 15 is 0 Å². The molecule has 0 radical (unpaired) electrons. The molecule has 0 atom stereocenters. The maximum atomic E-state index is 10.2. The van der Waals surface area contributed by atoms with Gasteiger partial charge in [-0.3, -0.25) is 0 Å². The molecule has 0 spiro atoms. The van der Waals surface area contributed by atoms with Gasteiger partial charge in [0.15, 0.2) is 0 Å². The third kappa shape index (κ3) is 17.0. The van der Waals surface area contributed by atoms with Gasteiger partial charge in [0, 0.05) is 13.0 Å². The second kappa shape index (κ2) is 15.0. The minimum atomic E-state index is -0.884. The van der Waals surface area contributed by atoms with Crippen LogP contribution >= 0.6 is 0 Å². The molecule has 3 nitrogen and oxygen atoms in total. The van der Waals surface area contributed by atoms with E-state index in [1.54, 1.807) is 0 Å². The second-order valence-electron chi connectivity index (χ2n) is 4.81. The normalized spacial score (nSPS) is 9.95. The number of rotatable bonds is 13. The molecule has 0 bridgehead atoms. The van der Waals surface area contributed by atoms with E-state index in [1.165, 1.54) is 44.9 Å². The standard InChI is InChI=1S/C16H28O3/c1-2-3-4-5-6-7-8-9-10-11-12-13-14-19-15-16(17)18/h4-15H2,1H3,(H,17,18). The van der Waals surface area contributed by atoms with Crippen molar-refractivity contribution in [2.45, 2.75) is 71.1 Å². The summed E-state index contributed by atoms with van der Waals surface area (Å²) in [4.78, 5) is 10.2. The molecule has 0 saturated carbocycles. The molecule has 110 valence electrons. The van der Waals surface area contributed by atoms with Gasteiger partial charge in [-0.15, -0.1) is 11.8 Å². The van der Waals surface area contributed by atoms with Crippen LogP contribution in [0.2, 0.25) is 0 Å². The summed E-state index contributed by atoms with van der Waals surface area (Å²) in [5.41, 5.74) is 0.